The number of likely N-dealkylation sites (tertiary alicyclic amines) is 1. The lowest BCUT2D eigenvalue weighted by Gasteiger charge is -2.32. The monoisotopic (exact) mass is 374 g/mol. The van der Waals surface area contributed by atoms with E-state index in [9.17, 15) is 18.4 Å². The molecule has 0 atom stereocenters. The number of amides is 2. The zero-order chi connectivity index (χ0) is 19.4. The van der Waals surface area contributed by atoms with E-state index in [0.717, 1.165) is 12.1 Å². The highest BCUT2D eigenvalue weighted by molar-refractivity contribution is 5.95. The molecule has 0 aromatic heterocycles. The van der Waals surface area contributed by atoms with Crippen LogP contribution in [0.4, 0.5) is 8.78 Å². The molecule has 142 valence electrons. The first-order valence-corrected chi connectivity index (χ1v) is 8.67. The molecule has 1 aliphatic rings. The van der Waals surface area contributed by atoms with Gasteiger partial charge in [0, 0.05) is 30.8 Å². The van der Waals surface area contributed by atoms with Gasteiger partial charge in [0.1, 0.15) is 17.4 Å². The molecule has 0 radical (unpaired) electrons. The van der Waals surface area contributed by atoms with Crippen molar-refractivity contribution < 1.29 is 23.1 Å². The van der Waals surface area contributed by atoms with Gasteiger partial charge in [0.2, 0.25) is 0 Å². The van der Waals surface area contributed by atoms with Gasteiger partial charge in [0.25, 0.3) is 11.8 Å². The van der Waals surface area contributed by atoms with Gasteiger partial charge in [0.15, 0.2) is 0 Å². The fourth-order valence-corrected chi connectivity index (χ4v) is 3.09. The molecule has 1 saturated heterocycles. The summed E-state index contributed by atoms with van der Waals surface area (Å²) in [6, 6.07) is 9.71. The normalized spacial score (nSPS) is 14.7. The van der Waals surface area contributed by atoms with Crippen molar-refractivity contribution in [3.05, 3.63) is 65.2 Å². The molecule has 0 bridgehead atoms. The van der Waals surface area contributed by atoms with Crippen molar-refractivity contribution in [2.45, 2.75) is 18.9 Å². The SMILES string of the molecule is COc1cccc(C(=O)NC2CCN(C(=O)c3ccc(F)cc3F)CC2)c1. The molecule has 27 heavy (non-hydrogen) atoms. The van der Waals surface area contributed by atoms with E-state index in [1.165, 1.54) is 12.0 Å². The minimum atomic E-state index is -0.867. The first-order chi connectivity index (χ1) is 13.0. The Bertz CT molecular complexity index is 849. The van der Waals surface area contributed by atoms with Crippen LogP contribution in [0.1, 0.15) is 33.6 Å². The van der Waals surface area contributed by atoms with Gasteiger partial charge in [0.05, 0.1) is 12.7 Å². The van der Waals surface area contributed by atoms with E-state index >= 15 is 0 Å². The number of hydrogen-bond acceptors (Lipinski definition) is 3. The summed E-state index contributed by atoms with van der Waals surface area (Å²) in [6.07, 6.45) is 1.12. The fraction of sp³-hybridized carbons (Fsp3) is 0.300. The quantitative estimate of drug-likeness (QED) is 0.895. The van der Waals surface area contributed by atoms with Crippen molar-refractivity contribution >= 4 is 11.8 Å². The Labute approximate surface area is 155 Å². The predicted molar refractivity (Wildman–Crippen MR) is 95.7 cm³/mol. The molecule has 3 rings (SSSR count). The lowest BCUT2D eigenvalue weighted by Crippen LogP contribution is -2.46. The molecule has 5 nitrogen and oxygen atoms in total. The smallest absolute Gasteiger partial charge is 0.256 e. The molecular weight excluding hydrogens is 354 g/mol. The molecule has 1 aliphatic heterocycles. The standard InChI is InChI=1S/C20H20F2N2O3/c1-27-16-4-2-3-13(11-16)19(25)23-15-7-9-24(10-8-15)20(26)17-6-5-14(21)12-18(17)22/h2-6,11-12,15H,7-10H2,1H3,(H,23,25). The van der Waals surface area contributed by atoms with E-state index in [1.807, 2.05) is 0 Å². The van der Waals surface area contributed by atoms with Gasteiger partial charge in [-0.2, -0.15) is 0 Å². The average molecular weight is 374 g/mol. The maximum absolute atomic E-state index is 13.8. The maximum atomic E-state index is 13.8. The summed E-state index contributed by atoms with van der Waals surface area (Å²) >= 11 is 0. The Morgan fingerprint density at radius 3 is 2.52 bits per heavy atom. The molecule has 1 N–H and O–H groups in total. The molecular formula is C20H20F2N2O3. The van der Waals surface area contributed by atoms with E-state index < -0.39 is 17.5 Å². The second-order valence-corrected chi connectivity index (χ2v) is 6.40. The van der Waals surface area contributed by atoms with Crippen LogP contribution in [0.2, 0.25) is 0 Å². The molecule has 2 amide bonds. The third kappa shape index (κ3) is 4.42. The highest BCUT2D eigenvalue weighted by Crippen LogP contribution is 2.18. The molecule has 0 saturated carbocycles. The highest BCUT2D eigenvalue weighted by Gasteiger charge is 2.26. The number of halogens is 2. The second-order valence-electron chi connectivity index (χ2n) is 6.40. The number of nitrogens with zero attached hydrogens (tertiary/aromatic N) is 1. The van der Waals surface area contributed by atoms with Crippen molar-refractivity contribution in [1.29, 1.82) is 0 Å². The third-order valence-electron chi connectivity index (χ3n) is 4.61. The summed E-state index contributed by atoms with van der Waals surface area (Å²) in [5.74, 6) is -1.66. The number of nitrogens with one attached hydrogen (secondary N) is 1. The third-order valence-corrected chi connectivity index (χ3v) is 4.61. The van der Waals surface area contributed by atoms with E-state index in [0.29, 0.717) is 43.3 Å². The van der Waals surface area contributed by atoms with Gasteiger partial charge < -0.3 is 15.0 Å². The number of carbonyl (C=O) groups is 2. The van der Waals surface area contributed by atoms with Crippen molar-refractivity contribution in [3.8, 4) is 5.75 Å². The second kappa shape index (κ2) is 8.16. The Balaban J connectivity index is 1.57. The molecule has 2 aromatic rings. The van der Waals surface area contributed by atoms with Gasteiger partial charge in [-0.1, -0.05) is 6.07 Å². The molecule has 0 aliphatic carbocycles. The van der Waals surface area contributed by atoms with Gasteiger partial charge in [-0.15, -0.1) is 0 Å². The number of rotatable bonds is 4. The Morgan fingerprint density at radius 2 is 1.85 bits per heavy atom. The predicted octanol–water partition coefficient (Wildman–Crippen LogP) is 3.01. The average Bonchev–Trinajstić information content (AvgIpc) is 2.68. The van der Waals surface area contributed by atoms with Crippen LogP contribution in [0.5, 0.6) is 5.75 Å². The Morgan fingerprint density at radius 1 is 1.11 bits per heavy atom. The topological polar surface area (TPSA) is 58.6 Å². The van der Waals surface area contributed by atoms with Crippen molar-refractivity contribution in [2.24, 2.45) is 0 Å². The van der Waals surface area contributed by atoms with Crippen LogP contribution in [0.15, 0.2) is 42.5 Å². The van der Waals surface area contributed by atoms with Gasteiger partial charge in [-0.3, -0.25) is 9.59 Å². The molecule has 0 unspecified atom stereocenters. The summed E-state index contributed by atoms with van der Waals surface area (Å²) in [6.45, 7) is 0.775. The van der Waals surface area contributed by atoms with E-state index in [-0.39, 0.29) is 17.5 Å². The van der Waals surface area contributed by atoms with E-state index in [1.54, 1.807) is 24.3 Å². The van der Waals surface area contributed by atoms with Crippen LogP contribution in [0.3, 0.4) is 0 Å². The van der Waals surface area contributed by atoms with Crippen LogP contribution < -0.4 is 10.1 Å². The minimum Gasteiger partial charge on any atom is -0.497 e. The summed E-state index contributed by atoms with van der Waals surface area (Å²) < 4.78 is 31.9. The number of methoxy groups -OCH3 is 1. The van der Waals surface area contributed by atoms with Crippen molar-refractivity contribution in [2.75, 3.05) is 20.2 Å². The van der Waals surface area contributed by atoms with E-state index in [4.69, 9.17) is 4.74 Å². The lowest BCUT2D eigenvalue weighted by molar-refractivity contribution is 0.0693. The summed E-state index contributed by atoms with van der Waals surface area (Å²) in [4.78, 5) is 26.3. The molecule has 7 heteroatoms. The maximum Gasteiger partial charge on any atom is 0.256 e. The number of carbonyl (C=O) groups excluding carboxylic acids is 2. The number of ether oxygens (including phenoxy) is 1. The lowest BCUT2D eigenvalue weighted by atomic mass is 10.0. The fourth-order valence-electron chi connectivity index (χ4n) is 3.09. The van der Waals surface area contributed by atoms with Crippen LogP contribution in [0, 0.1) is 11.6 Å². The molecule has 1 heterocycles. The zero-order valence-corrected chi connectivity index (χ0v) is 14.9. The van der Waals surface area contributed by atoms with Crippen LogP contribution >= 0.6 is 0 Å². The van der Waals surface area contributed by atoms with E-state index in [2.05, 4.69) is 5.32 Å². The van der Waals surface area contributed by atoms with Crippen LogP contribution in [0.25, 0.3) is 0 Å². The summed E-state index contributed by atoms with van der Waals surface area (Å²) in [5, 5.41) is 2.95. The Hall–Kier alpha value is -2.96. The zero-order valence-electron chi connectivity index (χ0n) is 14.9. The highest BCUT2D eigenvalue weighted by atomic mass is 19.1. The molecule has 1 fully saturated rings. The largest absolute Gasteiger partial charge is 0.497 e. The molecule has 2 aromatic carbocycles. The van der Waals surface area contributed by atoms with Crippen LogP contribution in [-0.4, -0.2) is 43.0 Å². The van der Waals surface area contributed by atoms with Gasteiger partial charge in [-0.05, 0) is 43.2 Å². The number of hydrogen-bond donors (Lipinski definition) is 1. The van der Waals surface area contributed by atoms with Crippen molar-refractivity contribution in [3.63, 3.8) is 0 Å². The van der Waals surface area contributed by atoms with Gasteiger partial charge in [-0.25, -0.2) is 8.78 Å². The molecule has 0 spiro atoms. The Kier molecular flexibility index (Phi) is 5.69. The number of benzene rings is 2. The van der Waals surface area contributed by atoms with Crippen molar-refractivity contribution in [1.82, 2.24) is 10.2 Å². The number of piperidine rings is 1. The minimum absolute atomic E-state index is 0.0779. The summed E-state index contributed by atoms with van der Waals surface area (Å²) in [7, 11) is 1.54. The van der Waals surface area contributed by atoms with Crippen LogP contribution in [-0.2, 0) is 0 Å². The first kappa shape index (κ1) is 18.8. The summed E-state index contributed by atoms with van der Waals surface area (Å²) in [5.41, 5.74) is 0.358. The first-order valence-electron chi connectivity index (χ1n) is 8.67. The van der Waals surface area contributed by atoms with Gasteiger partial charge >= 0.3 is 0 Å².